The molecule has 106 valence electrons. The highest BCUT2D eigenvalue weighted by Crippen LogP contribution is 2.17. The Labute approximate surface area is 125 Å². The molecule has 0 saturated carbocycles. The van der Waals surface area contributed by atoms with E-state index in [9.17, 15) is 0 Å². The summed E-state index contributed by atoms with van der Waals surface area (Å²) >= 11 is 5.34. The van der Waals surface area contributed by atoms with Crippen LogP contribution in [0.5, 0.6) is 0 Å². The number of aryl methyl sites for hydroxylation is 2. The Morgan fingerprint density at radius 2 is 2.10 bits per heavy atom. The third kappa shape index (κ3) is 3.36. The van der Waals surface area contributed by atoms with E-state index in [1.54, 1.807) is 0 Å². The SMILES string of the molecule is CCn1nccc1CNC(=S)Nc1cccc(C)c1C. The molecule has 0 atom stereocenters. The highest BCUT2D eigenvalue weighted by molar-refractivity contribution is 7.80. The van der Waals surface area contributed by atoms with Crippen molar-refractivity contribution in [2.75, 3.05) is 5.32 Å². The van der Waals surface area contributed by atoms with E-state index in [1.165, 1.54) is 11.1 Å². The Morgan fingerprint density at radius 1 is 1.30 bits per heavy atom. The van der Waals surface area contributed by atoms with Gasteiger partial charge in [0.1, 0.15) is 0 Å². The van der Waals surface area contributed by atoms with E-state index in [1.807, 2.05) is 29.1 Å². The summed E-state index contributed by atoms with van der Waals surface area (Å²) in [7, 11) is 0. The molecular formula is C15H20N4S. The van der Waals surface area contributed by atoms with Crippen molar-refractivity contribution in [2.45, 2.75) is 33.9 Å². The largest absolute Gasteiger partial charge is 0.357 e. The first-order valence-electron chi connectivity index (χ1n) is 6.73. The average molecular weight is 288 g/mol. The van der Waals surface area contributed by atoms with Gasteiger partial charge in [0.05, 0.1) is 12.2 Å². The van der Waals surface area contributed by atoms with Gasteiger partial charge < -0.3 is 10.6 Å². The number of rotatable bonds is 4. The van der Waals surface area contributed by atoms with Crippen LogP contribution in [0.4, 0.5) is 5.69 Å². The lowest BCUT2D eigenvalue weighted by Gasteiger charge is -2.14. The number of thiocarbonyl (C=S) groups is 1. The van der Waals surface area contributed by atoms with Crippen molar-refractivity contribution in [1.29, 1.82) is 0 Å². The summed E-state index contributed by atoms with van der Waals surface area (Å²) in [6, 6.07) is 8.15. The van der Waals surface area contributed by atoms with Crippen LogP contribution in [0, 0.1) is 13.8 Å². The van der Waals surface area contributed by atoms with Crippen LogP contribution in [0.15, 0.2) is 30.5 Å². The van der Waals surface area contributed by atoms with Crippen molar-refractivity contribution in [1.82, 2.24) is 15.1 Å². The van der Waals surface area contributed by atoms with E-state index in [0.29, 0.717) is 11.7 Å². The van der Waals surface area contributed by atoms with Gasteiger partial charge in [0.2, 0.25) is 0 Å². The molecular weight excluding hydrogens is 268 g/mol. The van der Waals surface area contributed by atoms with Crippen LogP contribution >= 0.6 is 12.2 Å². The smallest absolute Gasteiger partial charge is 0.171 e. The third-order valence-corrected chi connectivity index (χ3v) is 3.63. The van der Waals surface area contributed by atoms with Crippen molar-refractivity contribution in [3.8, 4) is 0 Å². The van der Waals surface area contributed by atoms with Crippen LogP contribution in [0.1, 0.15) is 23.7 Å². The zero-order valence-electron chi connectivity index (χ0n) is 12.1. The number of hydrogen-bond acceptors (Lipinski definition) is 2. The van der Waals surface area contributed by atoms with Gasteiger partial charge in [-0.2, -0.15) is 5.10 Å². The summed E-state index contributed by atoms with van der Waals surface area (Å²) in [6.45, 7) is 7.79. The van der Waals surface area contributed by atoms with Crippen molar-refractivity contribution < 1.29 is 0 Å². The monoisotopic (exact) mass is 288 g/mol. The summed E-state index contributed by atoms with van der Waals surface area (Å²) in [5.74, 6) is 0. The maximum atomic E-state index is 5.34. The van der Waals surface area contributed by atoms with E-state index < -0.39 is 0 Å². The average Bonchev–Trinajstić information content (AvgIpc) is 2.89. The van der Waals surface area contributed by atoms with E-state index in [2.05, 4.69) is 42.6 Å². The Kier molecular flexibility index (Phi) is 4.74. The quantitative estimate of drug-likeness (QED) is 0.849. The molecule has 20 heavy (non-hydrogen) atoms. The predicted molar refractivity (Wildman–Crippen MR) is 86.9 cm³/mol. The van der Waals surface area contributed by atoms with Crippen molar-refractivity contribution in [3.63, 3.8) is 0 Å². The predicted octanol–water partition coefficient (Wildman–Crippen LogP) is 3.01. The van der Waals surface area contributed by atoms with Crippen molar-refractivity contribution in [2.24, 2.45) is 0 Å². The van der Waals surface area contributed by atoms with Gasteiger partial charge in [0.15, 0.2) is 5.11 Å². The summed E-state index contributed by atoms with van der Waals surface area (Å²) in [4.78, 5) is 0. The van der Waals surface area contributed by atoms with Crippen LogP contribution < -0.4 is 10.6 Å². The van der Waals surface area contributed by atoms with Gasteiger partial charge in [-0.25, -0.2) is 0 Å². The molecule has 0 fully saturated rings. The lowest BCUT2D eigenvalue weighted by atomic mass is 10.1. The summed E-state index contributed by atoms with van der Waals surface area (Å²) in [6.07, 6.45) is 1.81. The molecule has 2 N–H and O–H groups in total. The number of nitrogens with one attached hydrogen (secondary N) is 2. The van der Waals surface area contributed by atoms with E-state index in [-0.39, 0.29) is 0 Å². The number of anilines is 1. The summed E-state index contributed by atoms with van der Waals surface area (Å²) < 4.78 is 1.95. The van der Waals surface area contributed by atoms with Gasteiger partial charge in [0.25, 0.3) is 0 Å². The minimum absolute atomic E-state index is 0.627. The van der Waals surface area contributed by atoms with Gasteiger partial charge in [-0.05, 0) is 56.2 Å². The zero-order chi connectivity index (χ0) is 14.5. The topological polar surface area (TPSA) is 41.9 Å². The fourth-order valence-corrected chi connectivity index (χ4v) is 2.20. The standard InChI is InChI=1S/C15H20N4S/c1-4-19-13(8-9-17-19)10-16-15(20)18-14-7-5-6-11(2)12(14)3/h5-9H,4,10H2,1-3H3,(H2,16,18,20). The van der Waals surface area contributed by atoms with Crippen LogP contribution in [-0.4, -0.2) is 14.9 Å². The first-order chi connectivity index (χ1) is 9.61. The van der Waals surface area contributed by atoms with Crippen molar-refractivity contribution >= 4 is 23.0 Å². The van der Waals surface area contributed by atoms with Crippen LogP contribution in [0.3, 0.4) is 0 Å². The lowest BCUT2D eigenvalue weighted by Crippen LogP contribution is -2.29. The molecule has 1 aromatic heterocycles. The fourth-order valence-electron chi connectivity index (χ4n) is 2.02. The normalized spacial score (nSPS) is 10.3. The summed E-state index contributed by atoms with van der Waals surface area (Å²) in [5.41, 5.74) is 4.64. The minimum Gasteiger partial charge on any atom is -0.357 e. The molecule has 0 aliphatic heterocycles. The Morgan fingerprint density at radius 3 is 2.85 bits per heavy atom. The molecule has 2 rings (SSSR count). The fraction of sp³-hybridized carbons (Fsp3) is 0.333. The van der Waals surface area contributed by atoms with Crippen LogP contribution in [-0.2, 0) is 13.1 Å². The molecule has 0 saturated heterocycles. The van der Waals surface area contributed by atoms with Crippen molar-refractivity contribution in [3.05, 3.63) is 47.3 Å². The molecule has 4 nitrogen and oxygen atoms in total. The lowest BCUT2D eigenvalue weighted by molar-refractivity contribution is 0.614. The molecule has 0 amide bonds. The van der Waals surface area contributed by atoms with Gasteiger partial charge in [-0.3, -0.25) is 4.68 Å². The molecule has 1 heterocycles. The molecule has 0 radical (unpaired) electrons. The van der Waals surface area contributed by atoms with E-state index in [4.69, 9.17) is 12.2 Å². The van der Waals surface area contributed by atoms with Gasteiger partial charge in [-0.15, -0.1) is 0 Å². The molecule has 0 aliphatic rings. The van der Waals surface area contributed by atoms with Gasteiger partial charge >= 0.3 is 0 Å². The Bertz CT molecular complexity index is 604. The van der Waals surface area contributed by atoms with Crippen LogP contribution in [0.2, 0.25) is 0 Å². The first-order valence-corrected chi connectivity index (χ1v) is 7.14. The maximum Gasteiger partial charge on any atom is 0.171 e. The Hall–Kier alpha value is -1.88. The molecule has 2 aromatic rings. The molecule has 0 bridgehead atoms. The van der Waals surface area contributed by atoms with Gasteiger partial charge in [0, 0.05) is 18.4 Å². The highest BCUT2D eigenvalue weighted by Gasteiger charge is 2.04. The summed E-state index contributed by atoms with van der Waals surface area (Å²) in [5, 5.41) is 11.3. The number of benzene rings is 1. The number of aromatic nitrogens is 2. The van der Waals surface area contributed by atoms with Crippen LogP contribution in [0.25, 0.3) is 0 Å². The molecule has 1 aromatic carbocycles. The number of nitrogens with zero attached hydrogens (tertiary/aromatic N) is 2. The molecule has 0 aliphatic carbocycles. The second-order valence-electron chi connectivity index (χ2n) is 4.69. The second kappa shape index (κ2) is 6.52. The first kappa shape index (κ1) is 14.5. The van der Waals surface area contributed by atoms with E-state index >= 15 is 0 Å². The molecule has 0 unspecified atom stereocenters. The number of hydrogen-bond donors (Lipinski definition) is 2. The molecule has 0 spiro atoms. The maximum absolute atomic E-state index is 5.34. The highest BCUT2D eigenvalue weighted by atomic mass is 32.1. The third-order valence-electron chi connectivity index (χ3n) is 3.39. The minimum atomic E-state index is 0.627. The van der Waals surface area contributed by atoms with E-state index in [0.717, 1.165) is 17.9 Å². The zero-order valence-corrected chi connectivity index (χ0v) is 12.9. The second-order valence-corrected chi connectivity index (χ2v) is 5.10. The molecule has 5 heteroatoms. The Balaban J connectivity index is 1.94. The van der Waals surface area contributed by atoms with Gasteiger partial charge in [-0.1, -0.05) is 12.1 Å².